The molecule has 0 aliphatic carbocycles. The number of nitrogen functional groups attached to an aromatic ring is 1. The molecule has 19 heavy (non-hydrogen) atoms. The van der Waals surface area contributed by atoms with Crippen molar-refractivity contribution < 1.29 is 4.74 Å². The van der Waals surface area contributed by atoms with Crippen LogP contribution in [0.3, 0.4) is 0 Å². The fourth-order valence-corrected chi connectivity index (χ4v) is 3.21. The first-order valence-corrected chi connectivity index (χ1v) is 7.30. The molecule has 1 aromatic heterocycles. The molecule has 0 aromatic carbocycles. The predicted octanol–water partition coefficient (Wildman–Crippen LogP) is 1.49. The van der Waals surface area contributed by atoms with E-state index in [1.807, 2.05) is 11.8 Å². The highest BCUT2D eigenvalue weighted by molar-refractivity contribution is 8.00. The van der Waals surface area contributed by atoms with Gasteiger partial charge in [0.1, 0.15) is 6.33 Å². The van der Waals surface area contributed by atoms with Gasteiger partial charge in [-0.2, -0.15) is 11.8 Å². The van der Waals surface area contributed by atoms with Gasteiger partial charge in [-0.3, -0.25) is 0 Å². The summed E-state index contributed by atoms with van der Waals surface area (Å²) in [6.07, 6.45) is 2.62. The summed E-state index contributed by atoms with van der Waals surface area (Å²) < 4.78 is 5.71. The molecule has 3 N–H and O–H groups in total. The highest BCUT2D eigenvalue weighted by Crippen LogP contribution is 2.36. The number of anilines is 2. The zero-order valence-corrected chi connectivity index (χ0v) is 12.5. The number of methoxy groups -OCH3 is 1. The second-order valence-corrected chi connectivity index (χ2v) is 6.87. The molecule has 1 aromatic rings. The van der Waals surface area contributed by atoms with E-state index in [4.69, 9.17) is 10.6 Å². The lowest BCUT2D eigenvalue weighted by Crippen LogP contribution is -2.28. The normalized spacial score (nSPS) is 18.8. The van der Waals surface area contributed by atoms with Gasteiger partial charge < -0.3 is 15.1 Å². The average molecular weight is 283 g/mol. The summed E-state index contributed by atoms with van der Waals surface area (Å²) in [5, 5.41) is 0. The van der Waals surface area contributed by atoms with Crippen molar-refractivity contribution in [3.05, 3.63) is 6.33 Å². The van der Waals surface area contributed by atoms with E-state index < -0.39 is 0 Å². The minimum atomic E-state index is 0.309. The SMILES string of the molecule is COc1c(NN)ncnc1N1CCSC(C)(C)CC1. The number of hydrogen-bond donors (Lipinski definition) is 2. The number of thioether (sulfide) groups is 1. The maximum atomic E-state index is 5.46. The van der Waals surface area contributed by atoms with Crippen LogP contribution in [0, 0.1) is 0 Å². The van der Waals surface area contributed by atoms with Crippen LogP contribution in [-0.4, -0.2) is 40.7 Å². The highest BCUT2D eigenvalue weighted by Gasteiger charge is 2.26. The van der Waals surface area contributed by atoms with Crippen LogP contribution < -0.4 is 20.9 Å². The van der Waals surface area contributed by atoms with Crippen molar-refractivity contribution >= 4 is 23.4 Å². The lowest BCUT2D eigenvalue weighted by molar-refractivity contribution is 0.412. The Bertz CT molecular complexity index is 440. The number of rotatable bonds is 3. The minimum Gasteiger partial charge on any atom is -0.490 e. The van der Waals surface area contributed by atoms with Gasteiger partial charge in [0.15, 0.2) is 11.6 Å². The smallest absolute Gasteiger partial charge is 0.205 e. The van der Waals surface area contributed by atoms with E-state index in [1.165, 1.54) is 6.33 Å². The standard InChI is InChI=1S/C12H21N5OS/c1-12(2)4-5-17(6-7-19-12)11-9(18-3)10(16-13)14-8-15-11/h8H,4-7,13H2,1-3H3,(H,14,15,16). The summed E-state index contributed by atoms with van der Waals surface area (Å²) in [6.45, 7) is 6.47. The largest absolute Gasteiger partial charge is 0.490 e. The van der Waals surface area contributed by atoms with Gasteiger partial charge >= 0.3 is 0 Å². The van der Waals surface area contributed by atoms with Crippen molar-refractivity contribution in [1.29, 1.82) is 0 Å². The molecule has 0 amide bonds. The zero-order chi connectivity index (χ0) is 13.9. The van der Waals surface area contributed by atoms with Gasteiger partial charge in [0.2, 0.25) is 5.75 Å². The van der Waals surface area contributed by atoms with Crippen LogP contribution in [0.1, 0.15) is 20.3 Å². The maximum absolute atomic E-state index is 5.46. The van der Waals surface area contributed by atoms with E-state index in [0.29, 0.717) is 16.3 Å². The molecular formula is C12H21N5OS. The van der Waals surface area contributed by atoms with Crippen molar-refractivity contribution in [2.45, 2.75) is 25.0 Å². The molecule has 6 nitrogen and oxygen atoms in total. The summed E-state index contributed by atoms with van der Waals surface area (Å²) in [7, 11) is 1.61. The Kier molecular flexibility index (Phi) is 4.36. The number of hydrazine groups is 1. The van der Waals surface area contributed by atoms with E-state index in [-0.39, 0.29) is 0 Å². The topological polar surface area (TPSA) is 76.3 Å². The molecule has 2 rings (SSSR count). The van der Waals surface area contributed by atoms with Crippen LogP contribution in [0.2, 0.25) is 0 Å². The number of nitrogens with zero attached hydrogens (tertiary/aromatic N) is 3. The number of hydrogen-bond acceptors (Lipinski definition) is 7. The fraction of sp³-hybridized carbons (Fsp3) is 0.667. The molecule has 0 radical (unpaired) electrons. The molecule has 0 atom stereocenters. The highest BCUT2D eigenvalue weighted by atomic mass is 32.2. The Morgan fingerprint density at radius 2 is 2.21 bits per heavy atom. The van der Waals surface area contributed by atoms with Gasteiger partial charge in [-0.15, -0.1) is 0 Å². The third-order valence-corrected chi connectivity index (χ3v) is 4.64. The van der Waals surface area contributed by atoms with Gasteiger partial charge in [0, 0.05) is 23.6 Å². The Labute approximate surface area is 118 Å². The first-order valence-electron chi connectivity index (χ1n) is 6.32. The van der Waals surface area contributed by atoms with E-state index >= 15 is 0 Å². The van der Waals surface area contributed by atoms with Crippen molar-refractivity contribution in [2.75, 3.05) is 36.3 Å². The predicted molar refractivity (Wildman–Crippen MR) is 79.8 cm³/mol. The molecule has 2 heterocycles. The Morgan fingerprint density at radius 1 is 1.42 bits per heavy atom. The van der Waals surface area contributed by atoms with Crippen molar-refractivity contribution in [3.63, 3.8) is 0 Å². The minimum absolute atomic E-state index is 0.309. The summed E-state index contributed by atoms with van der Waals surface area (Å²) in [6, 6.07) is 0. The van der Waals surface area contributed by atoms with Gasteiger partial charge in [-0.05, 0) is 6.42 Å². The first-order chi connectivity index (χ1) is 9.07. The van der Waals surface area contributed by atoms with Crippen LogP contribution in [0.4, 0.5) is 11.6 Å². The molecule has 106 valence electrons. The molecule has 0 bridgehead atoms. The van der Waals surface area contributed by atoms with Crippen LogP contribution in [0.25, 0.3) is 0 Å². The van der Waals surface area contributed by atoms with E-state index in [0.717, 1.165) is 31.1 Å². The van der Waals surface area contributed by atoms with Crippen molar-refractivity contribution in [3.8, 4) is 5.75 Å². The molecular weight excluding hydrogens is 262 g/mol. The molecule has 0 saturated carbocycles. The van der Waals surface area contributed by atoms with Crippen LogP contribution in [0.15, 0.2) is 6.33 Å². The Balaban J connectivity index is 2.26. The molecule has 1 fully saturated rings. The lowest BCUT2D eigenvalue weighted by atomic mass is 10.1. The lowest BCUT2D eigenvalue weighted by Gasteiger charge is -2.25. The Morgan fingerprint density at radius 3 is 2.89 bits per heavy atom. The Hall–Kier alpha value is -1.21. The average Bonchev–Trinajstić information content (AvgIpc) is 2.58. The van der Waals surface area contributed by atoms with E-state index in [2.05, 4.69) is 34.1 Å². The van der Waals surface area contributed by atoms with Crippen LogP contribution in [-0.2, 0) is 0 Å². The second-order valence-electron chi connectivity index (χ2n) is 5.07. The van der Waals surface area contributed by atoms with Gasteiger partial charge in [-0.25, -0.2) is 15.8 Å². The van der Waals surface area contributed by atoms with Crippen LogP contribution >= 0.6 is 11.8 Å². The number of ether oxygens (including phenoxy) is 1. The van der Waals surface area contributed by atoms with Crippen molar-refractivity contribution in [2.24, 2.45) is 5.84 Å². The summed E-state index contributed by atoms with van der Waals surface area (Å²) in [5.41, 5.74) is 2.55. The molecule has 7 heteroatoms. The van der Waals surface area contributed by atoms with Gasteiger partial charge in [0.25, 0.3) is 0 Å². The quantitative estimate of drug-likeness (QED) is 0.643. The van der Waals surface area contributed by atoms with Crippen molar-refractivity contribution in [1.82, 2.24) is 9.97 Å². The molecule has 0 unspecified atom stereocenters. The number of aromatic nitrogens is 2. The molecule has 1 aliphatic heterocycles. The second kappa shape index (κ2) is 5.83. The number of nitrogens with one attached hydrogen (secondary N) is 1. The van der Waals surface area contributed by atoms with Crippen LogP contribution in [0.5, 0.6) is 5.75 Å². The summed E-state index contributed by atoms with van der Waals surface area (Å²) >= 11 is 2.00. The molecule has 1 aliphatic rings. The monoisotopic (exact) mass is 283 g/mol. The first kappa shape index (κ1) is 14.2. The van der Waals surface area contributed by atoms with Gasteiger partial charge in [0.05, 0.1) is 7.11 Å². The third kappa shape index (κ3) is 3.22. The maximum Gasteiger partial charge on any atom is 0.205 e. The molecule has 0 spiro atoms. The zero-order valence-electron chi connectivity index (χ0n) is 11.6. The summed E-state index contributed by atoms with van der Waals surface area (Å²) in [4.78, 5) is 10.7. The number of nitrogens with two attached hydrogens (primary N) is 1. The van der Waals surface area contributed by atoms with E-state index in [9.17, 15) is 0 Å². The molecule has 1 saturated heterocycles. The third-order valence-electron chi connectivity index (χ3n) is 3.26. The van der Waals surface area contributed by atoms with Gasteiger partial charge in [-0.1, -0.05) is 13.8 Å². The fourth-order valence-electron chi connectivity index (χ4n) is 2.11. The summed E-state index contributed by atoms with van der Waals surface area (Å²) in [5.74, 6) is 8.46. The van der Waals surface area contributed by atoms with E-state index in [1.54, 1.807) is 7.11 Å².